The minimum atomic E-state index is -3.59. The number of aryl methyl sites for hydroxylation is 2. The summed E-state index contributed by atoms with van der Waals surface area (Å²) < 4.78 is 27.7. The van der Waals surface area contributed by atoms with Gasteiger partial charge in [-0.3, -0.25) is 9.59 Å². The summed E-state index contributed by atoms with van der Waals surface area (Å²) in [6, 6.07) is 11.4. The van der Waals surface area contributed by atoms with E-state index in [1.165, 1.54) is 9.21 Å². The van der Waals surface area contributed by atoms with E-state index < -0.39 is 16.1 Å². The van der Waals surface area contributed by atoms with E-state index >= 15 is 0 Å². The second-order valence-electron chi connectivity index (χ2n) is 8.13. The molecule has 2 amide bonds. The number of anilines is 1. The zero-order valence-electron chi connectivity index (χ0n) is 17.5. The summed E-state index contributed by atoms with van der Waals surface area (Å²) in [5.41, 5.74) is 2.25. The number of rotatable bonds is 4. The van der Waals surface area contributed by atoms with Crippen LogP contribution in [0.4, 0.5) is 5.69 Å². The zero-order valence-corrected chi connectivity index (χ0v) is 19.0. The van der Waals surface area contributed by atoms with Crippen LogP contribution >= 0.6 is 11.6 Å². The lowest BCUT2D eigenvalue weighted by Crippen LogP contribution is -3.19. The lowest BCUT2D eigenvalue weighted by atomic mass is 10.2. The Kier molecular flexibility index (Phi) is 5.91. The van der Waals surface area contributed by atoms with Gasteiger partial charge in [0.25, 0.3) is 5.91 Å². The van der Waals surface area contributed by atoms with Gasteiger partial charge < -0.3 is 4.90 Å². The number of hydrogen-bond donors (Lipinski definition) is 1. The van der Waals surface area contributed by atoms with Crippen LogP contribution in [0.5, 0.6) is 0 Å². The number of benzene rings is 2. The fraction of sp³-hybridized carbons (Fsp3) is 0.364. The molecular weight excluding hydrogens is 438 g/mol. The monoisotopic (exact) mass is 462 g/mol. The Labute approximate surface area is 187 Å². The maximum atomic E-state index is 13.1. The number of carbonyl (C=O) groups is 2. The minimum Gasteiger partial charge on any atom is -0.322 e. The molecule has 0 aromatic heterocycles. The van der Waals surface area contributed by atoms with Crippen molar-refractivity contribution in [1.29, 1.82) is 0 Å². The standard InChI is InChI=1S/C22H24ClN3O4S/c1-15-3-8-20(16(2)13-15)31(29,30)25-11-9-24(10-12-25)19-14-21(27)26(22(19)28)18-6-4-17(23)5-7-18/h3-8,13,19H,9-12,14H2,1-2H3/p+1/t19-/m1/s1. The van der Waals surface area contributed by atoms with Crippen molar-refractivity contribution in [3.05, 3.63) is 58.6 Å². The first-order valence-corrected chi connectivity index (χ1v) is 12.0. The molecule has 4 rings (SSSR count). The number of halogens is 1. The van der Waals surface area contributed by atoms with Crippen LogP contribution < -0.4 is 9.80 Å². The molecule has 1 atom stereocenters. The lowest BCUT2D eigenvalue weighted by molar-refractivity contribution is -0.918. The molecule has 0 bridgehead atoms. The van der Waals surface area contributed by atoms with Gasteiger partial charge in [0, 0.05) is 5.02 Å². The zero-order chi connectivity index (χ0) is 22.3. The van der Waals surface area contributed by atoms with E-state index in [2.05, 4.69) is 0 Å². The number of quaternary nitrogens is 1. The van der Waals surface area contributed by atoms with Gasteiger partial charge in [-0.1, -0.05) is 29.3 Å². The number of hydrogen-bond acceptors (Lipinski definition) is 4. The van der Waals surface area contributed by atoms with Crippen LogP contribution in [0.1, 0.15) is 17.5 Å². The van der Waals surface area contributed by atoms with Crippen LogP contribution in [0.15, 0.2) is 47.4 Å². The number of nitrogens with zero attached hydrogens (tertiary/aromatic N) is 2. The Balaban J connectivity index is 1.46. The Hall–Kier alpha value is -2.26. The number of carbonyl (C=O) groups excluding carboxylic acids is 2. The summed E-state index contributed by atoms with van der Waals surface area (Å²) in [6.07, 6.45) is 0.126. The fourth-order valence-corrected chi connectivity index (χ4v) is 6.18. The summed E-state index contributed by atoms with van der Waals surface area (Å²) in [4.78, 5) is 28.0. The molecule has 0 spiro atoms. The van der Waals surface area contributed by atoms with Crippen molar-refractivity contribution in [2.45, 2.75) is 31.2 Å². The number of sulfonamides is 1. The smallest absolute Gasteiger partial charge is 0.292 e. The molecule has 2 aliphatic rings. The third kappa shape index (κ3) is 4.13. The molecule has 2 heterocycles. The Morgan fingerprint density at radius 3 is 2.26 bits per heavy atom. The number of nitrogens with one attached hydrogen (secondary N) is 1. The van der Waals surface area contributed by atoms with E-state index in [0.717, 1.165) is 16.0 Å². The molecule has 1 N–H and O–H groups in total. The maximum absolute atomic E-state index is 13.1. The van der Waals surface area contributed by atoms with Crippen LogP contribution in [-0.4, -0.2) is 56.8 Å². The van der Waals surface area contributed by atoms with Crippen LogP contribution in [-0.2, 0) is 19.6 Å². The molecule has 0 saturated carbocycles. The van der Waals surface area contributed by atoms with Crippen molar-refractivity contribution < 1.29 is 22.9 Å². The predicted molar refractivity (Wildman–Crippen MR) is 118 cm³/mol. The minimum absolute atomic E-state index is 0.126. The number of imide groups is 1. The summed E-state index contributed by atoms with van der Waals surface area (Å²) in [7, 11) is -3.59. The van der Waals surface area contributed by atoms with Gasteiger partial charge in [0.1, 0.15) is 0 Å². The number of piperazine rings is 1. The topological polar surface area (TPSA) is 79.2 Å². The molecule has 0 radical (unpaired) electrons. The first kappa shape index (κ1) is 22.0. The van der Waals surface area contributed by atoms with Gasteiger partial charge in [-0.25, -0.2) is 13.3 Å². The molecular formula is C22H25ClN3O4S+. The summed E-state index contributed by atoms with van der Waals surface area (Å²) >= 11 is 5.91. The van der Waals surface area contributed by atoms with Crippen molar-refractivity contribution in [2.24, 2.45) is 0 Å². The van der Waals surface area contributed by atoms with E-state index in [9.17, 15) is 18.0 Å². The molecule has 2 aliphatic heterocycles. The van der Waals surface area contributed by atoms with Gasteiger partial charge in [0.2, 0.25) is 15.9 Å². The quantitative estimate of drug-likeness (QED) is 0.692. The van der Waals surface area contributed by atoms with Crippen LogP contribution in [0.25, 0.3) is 0 Å². The molecule has 164 valence electrons. The van der Waals surface area contributed by atoms with Crippen molar-refractivity contribution in [2.75, 3.05) is 31.1 Å². The van der Waals surface area contributed by atoms with Gasteiger partial charge in [-0.2, -0.15) is 4.31 Å². The van der Waals surface area contributed by atoms with Gasteiger partial charge in [-0.05, 0) is 49.7 Å². The lowest BCUT2D eigenvalue weighted by Gasteiger charge is -2.34. The first-order valence-electron chi connectivity index (χ1n) is 10.2. The van der Waals surface area contributed by atoms with Gasteiger partial charge in [0.15, 0.2) is 6.04 Å². The van der Waals surface area contributed by atoms with E-state index in [1.54, 1.807) is 43.3 Å². The molecule has 2 aromatic carbocycles. The second kappa shape index (κ2) is 8.35. The van der Waals surface area contributed by atoms with Crippen molar-refractivity contribution in [3.8, 4) is 0 Å². The second-order valence-corrected chi connectivity index (χ2v) is 10.5. The highest BCUT2D eigenvalue weighted by Crippen LogP contribution is 2.24. The van der Waals surface area contributed by atoms with E-state index in [1.807, 2.05) is 13.0 Å². The summed E-state index contributed by atoms with van der Waals surface area (Å²) in [5, 5.41) is 0.533. The molecule has 31 heavy (non-hydrogen) atoms. The van der Waals surface area contributed by atoms with Gasteiger partial charge in [0.05, 0.1) is 43.2 Å². The molecule has 2 aromatic rings. The van der Waals surface area contributed by atoms with Crippen LogP contribution in [0, 0.1) is 13.8 Å². The van der Waals surface area contributed by atoms with Crippen LogP contribution in [0.3, 0.4) is 0 Å². The predicted octanol–water partition coefficient (Wildman–Crippen LogP) is 1.18. The molecule has 0 unspecified atom stereocenters. The highest BCUT2D eigenvalue weighted by Gasteiger charge is 2.47. The van der Waals surface area contributed by atoms with Crippen molar-refractivity contribution in [1.82, 2.24) is 4.31 Å². The summed E-state index contributed by atoms with van der Waals surface area (Å²) in [5.74, 6) is -0.483. The average Bonchev–Trinajstić information content (AvgIpc) is 3.02. The third-order valence-electron chi connectivity index (χ3n) is 6.04. The Morgan fingerprint density at radius 2 is 1.65 bits per heavy atom. The average molecular weight is 463 g/mol. The van der Waals surface area contributed by atoms with E-state index in [0.29, 0.717) is 41.8 Å². The third-order valence-corrected chi connectivity index (χ3v) is 8.35. The van der Waals surface area contributed by atoms with Gasteiger partial charge >= 0.3 is 0 Å². The van der Waals surface area contributed by atoms with E-state index in [-0.39, 0.29) is 18.2 Å². The highest BCUT2D eigenvalue weighted by molar-refractivity contribution is 7.89. The normalized spacial score (nSPS) is 21.1. The van der Waals surface area contributed by atoms with Crippen molar-refractivity contribution >= 4 is 39.1 Å². The van der Waals surface area contributed by atoms with Crippen molar-refractivity contribution in [3.63, 3.8) is 0 Å². The highest BCUT2D eigenvalue weighted by atomic mass is 35.5. The molecule has 2 saturated heterocycles. The maximum Gasteiger partial charge on any atom is 0.292 e. The van der Waals surface area contributed by atoms with E-state index in [4.69, 9.17) is 11.6 Å². The molecule has 2 fully saturated rings. The fourth-order valence-electron chi connectivity index (χ4n) is 4.40. The molecule has 0 aliphatic carbocycles. The largest absolute Gasteiger partial charge is 0.322 e. The molecule has 9 heteroatoms. The van der Waals surface area contributed by atoms with Crippen LogP contribution in [0.2, 0.25) is 5.02 Å². The number of amides is 2. The first-order chi connectivity index (χ1) is 14.7. The Bertz CT molecular complexity index is 1130. The molecule has 7 nitrogen and oxygen atoms in total. The summed E-state index contributed by atoms with van der Waals surface area (Å²) in [6.45, 7) is 5.30. The SMILES string of the molecule is Cc1ccc(S(=O)(=O)N2CC[NH+]([C@@H]3CC(=O)N(c4ccc(Cl)cc4)C3=O)CC2)c(C)c1. The Morgan fingerprint density at radius 1 is 1.00 bits per heavy atom. The van der Waals surface area contributed by atoms with Gasteiger partial charge in [-0.15, -0.1) is 0 Å².